The lowest BCUT2D eigenvalue weighted by molar-refractivity contribution is 0.0603. The van der Waals surface area contributed by atoms with E-state index in [1.165, 1.54) is 7.11 Å². The SMILES string of the molecule is COC(=O)c1cc(C(O)c2ccccc2)n2ccccc12. The number of hydrogen-bond acceptors (Lipinski definition) is 3. The first-order valence-electron chi connectivity index (χ1n) is 6.63. The molecule has 0 saturated heterocycles. The monoisotopic (exact) mass is 281 g/mol. The minimum absolute atomic E-state index is 0.412. The second kappa shape index (κ2) is 5.42. The molecule has 0 aliphatic carbocycles. The van der Waals surface area contributed by atoms with Crippen molar-refractivity contribution in [2.45, 2.75) is 6.10 Å². The zero-order chi connectivity index (χ0) is 14.8. The predicted molar refractivity (Wildman–Crippen MR) is 79.2 cm³/mol. The van der Waals surface area contributed by atoms with Crippen molar-refractivity contribution < 1.29 is 14.6 Å². The van der Waals surface area contributed by atoms with E-state index in [1.54, 1.807) is 6.07 Å². The first-order chi connectivity index (χ1) is 10.2. The second-order valence-corrected chi connectivity index (χ2v) is 4.74. The number of hydrogen-bond donors (Lipinski definition) is 1. The molecule has 1 atom stereocenters. The molecule has 0 amide bonds. The van der Waals surface area contributed by atoms with E-state index in [9.17, 15) is 9.90 Å². The Balaban J connectivity index is 2.17. The van der Waals surface area contributed by atoms with Gasteiger partial charge in [0, 0.05) is 6.20 Å². The maximum absolute atomic E-state index is 11.9. The number of aliphatic hydroxyl groups excluding tert-OH is 1. The minimum Gasteiger partial charge on any atom is -0.465 e. The predicted octanol–water partition coefficient (Wildman–Crippen LogP) is 2.81. The van der Waals surface area contributed by atoms with Crippen LogP contribution in [0.5, 0.6) is 0 Å². The topological polar surface area (TPSA) is 50.9 Å². The minimum atomic E-state index is -0.806. The lowest BCUT2D eigenvalue weighted by Crippen LogP contribution is -2.02. The molecule has 21 heavy (non-hydrogen) atoms. The van der Waals surface area contributed by atoms with Crippen LogP contribution in [0.15, 0.2) is 60.8 Å². The van der Waals surface area contributed by atoms with Gasteiger partial charge in [-0.05, 0) is 23.8 Å². The van der Waals surface area contributed by atoms with Crippen LogP contribution in [-0.4, -0.2) is 22.6 Å². The van der Waals surface area contributed by atoms with Crippen molar-refractivity contribution in [2.75, 3.05) is 7.11 Å². The highest BCUT2D eigenvalue weighted by atomic mass is 16.5. The van der Waals surface area contributed by atoms with E-state index >= 15 is 0 Å². The molecule has 0 fully saturated rings. The summed E-state index contributed by atoms with van der Waals surface area (Å²) < 4.78 is 6.62. The van der Waals surface area contributed by atoms with E-state index in [0.29, 0.717) is 16.8 Å². The summed E-state index contributed by atoms with van der Waals surface area (Å²) in [4.78, 5) is 11.9. The molecule has 0 aliphatic rings. The summed E-state index contributed by atoms with van der Waals surface area (Å²) >= 11 is 0. The lowest BCUT2D eigenvalue weighted by atomic mass is 10.1. The van der Waals surface area contributed by atoms with Gasteiger partial charge in [-0.1, -0.05) is 36.4 Å². The van der Waals surface area contributed by atoms with Crippen molar-refractivity contribution in [3.8, 4) is 0 Å². The number of carbonyl (C=O) groups excluding carboxylic acids is 1. The Hall–Kier alpha value is -2.59. The van der Waals surface area contributed by atoms with Crippen LogP contribution < -0.4 is 0 Å². The zero-order valence-electron chi connectivity index (χ0n) is 11.6. The average molecular weight is 281 g/mol. The molecule has 2 aromatic heterocycles. The van der Waals surface area contributed by atoms with Crippen molar-refractivity contribution in [1.82, 2.24) is 4.40 Å². The highest BCUT2D eigenvalue weighted by Crippen LogP contribution is 2.27. The number of esters is 1. The quantitative estimate of drug-likeness (QED) is 0.751. The summed E-state index contributed by atoms with van der Waals surface area (Å²) in [6.07, 6.45) is 1.02. The molecule has 4 heteroatoms. The fourth-order valence-electron chi connectivity index (χ4n) is 2.47. The number of benzene rings is 1. The van der Waals surface area contributed by atoms with Crippen molar-refractivity contribution in [3.63, 3.8) is 0 Å². The van der Waals surface area contributed by atoms with Crippen molar-refractivity contribution in [3.05, 3.63) is 77.6 Å². The molecule has 0 bridgehead atoms. The Labute approximate surface area is 122 Å². The number of fused-ring (bicyclic) bond motifs is 1. The summed E-state index contributed by atoms with van der Waals surface area (Å²) in [5.74, 6) is -0.412. The number of ether oxygens (including phenoxy) is 1. The third-order valence-electron chi connectivity index (χ3n) is 3.51. The number of pyridine rings is 1. The molecule has 1 aromatic carbocycles. The van der Waals surface area contributed by atoms with Crippen molar-refractivity contribution in [1.29, 1.82) is 0 Å². The Morgan fingerprint density at radius 2 is 1.86 bits per heavy atom. The van der Waals surface area contributed by atoms with Gasteiger partial charge in [-0.3, -0.25) is 0 Å². The van der Waals surface area contributed by atoms with E-state index in [1.807, 2.05) is 59.1 Å². The Kier molecular flexibility index (Phi) is 3.46. The van der Waals surface area contributed by atoms with Crippen molar-refractivity contribution >= 4 is 11.5 Å². The highest BCUT2D eigenvalue weighted by molar-refractivity contribution is 5.97. The van der Waals surface area contributed by atoms with Gasteiger partial charge in [-0.2, -0.15) is 0 Å². The number of aliphatic hydroxyl groups is 1. The van der Waals surface area contributed by atoms with Gasteiger partial charge in [0.15, 0.2) is 0 Å². The Morgan fingerprint density at radius 1 is 1.14 bits per heavy atom. The van der Waals surface area contributed by atoms with Crippen LogP contribution in [0.25, 0.3) is 5.52 Å². The normalized spacial score (nSPS) is 12.3. The standard InChI is InChI=1S/C17H15NO3/c1-21-17(20)13-11-15(18-10-6-5-9-14(13)18)16(19)12-7-3-2-4-8-12/h2-11,16,19H,1H3. The molecule has 3 aromatic rings. The van der Waals surface area contributed by atoms with Crippen LogP contribution >= 0.6 is 0 Å². The fourth-order valence-corrected chi connectivity index (χ4v) is 2.47. The molecule has 4 nitrogen and oxygen atoms in total. The maximum Gasteiger partial charge on any atom is 0.340 e. The fraction of sp³-hybridized carbons (Fsp3) is 0.118. The maximum atomic E-state index is 11.9. The number of rotatable bonds is 3. The van der Waals surface area contributed by atoms with Gasteiger partial charge in [-0.15, -0.1) is 0 Å². The molecule has 106 valence electrons. The molecule has 1 N–H and O–H groups in total. The van der Waals surface area contributed by atoms with Crippen LogP contribution in [0.4, 0.5) is 0 Å². The Bertz CT molecular complexity index is 777. The summed E-state index contributed by atoms with van der Waals surface area (Å²) in [6.45, 7) is 0. The van der Waals surface area contributed by atoms with Gasteiger partial charge in [0.1, 0.15) is 6.10 Å². The van der Waals surface area contributed by atoms with Gasteiger partial charge in [0.05, 0.1) is 23.9 Å². The second-order valence-electron chi connectivity index (χ2n) is 4.74. The van der Waals surface area contributed by atoms with Crippen LogP contribution in [0, 0.1) is 0 Å². The number of methoxy groups -OCH3 is 1. The zero-order valence-corrected chi connectivity index (χ0v) is 11.6. The largest absolute Gasteiger partial charge is 0.465 e. The van der Waals surface area contributed by atoms with Crippen molar-refractivity contribution in [2.24, 2.45) is 0 Å². The van der Waals surface area contributed by atoms with Gasteiger partial charge in [0.25, 0.3) is 0 Å². The molecular weight excluding hydrogens is 266 g/mol. The van der Waals surface area contributed by atoms with Crippen LogP contribution in [0.3, 0.4) is 0 Å². The smallest absolute Gasteiger partial charge is 0.340 e. The Morgan fingerprint density at radius 3 is 2.57 bits per heavy atom. The molecular formula is C17H15NO3. The molecule has 0 spiro atoms. The van der Waals surface area contributed by atoms with Gasteiger partial charge >= 0.3 is 5.97 Å². The van der Waals surface area contributed by atoms with E-state index in [4.69, 9.17) is 4.74 Å². The molecule has 0 saturated carbocycles. The highest BCUT2D eigenvalue weighted by Gasteiger charge is 2.20. The summed E-state index contributed by atoms with van der Waals surface area (Å²) in [7, 11) is 1.35. The van der Waals surface area contributed by atoms with Gasteiger partial charge in [0.2, 0.25) is 0 Å². The molecule has 2 heterocycles. The number of aromatic nitrogens is 1. The van der Waals surface area contributed by atoms with E-state index in [2.05, 4.69) is 0 Å². The molecule has 0 aliphatic heterocycles. The van der Waals surface area contributed by atoms with E-state index < -0.39 is 12.1 Å². The number of carbonyl (C=O) groups is 1. The molecule has 1 unspecified atom stereocenters. The third-order valence-corrected chi connectivity index (χ3v) is 3.51. The summed E-state index contributed by atoms with van der Waals surface area (Å²) in [6, 6.07) is 16.6. The van der Waals surface area contributed by atoms with Gasteiger partial charge in [-0.25, -0.2) is 4.79 Å². The average Bonchev–Trinajstić information content (AvgIpc) is 2.94. The number of nitrogens with zero attached hydrogens (tertiary/aromatic N) is 1. The lowest BCUT2D eigenvalue weighted by Gasteiger charge is -2.11. The first-order valence-corrected chi connectivity index (χ1v) is 6.63. The molecule has 0 radical (unpaired) electrons. The van der Waals surface area contributed by atoms with Crippen LogP contribution in [0.1, 0.15) is 27.7 Å². The summed E-state index contributed by atoms with van der Waals surface area (Å²) in [5, 5.41) is 10.6. The van der Waals surface area contributed by atoms with E-state index in [-0.39, 0.29) is 0 Å². The van der Waals surface area contributed by atoms with E-state index in [0.717, 1.165) is 5.56 Å². The third kappa shape index (κ3) is 2.30. The van der Waals surface area contributed by atoms with Crippen LogP contribution in [-0.2, 0) is 4.74 Å². The molecule has 3 rings (SSSR count). The summed E-state index contributed by atoms with van der Waals surface area (Å²) in [5.41, 5.74) is 2.58. The van der Waals surface area contributed by atoms with Gasteiger partial charge < -0.3 is 14.2 Å². The first kappa shape index (κ1) is 13.4. The van der Waals surface area contributed by atoms with Crippen LogP contribution in [0.2, 0.25) is 0 Å².